The van der Waals surface area contributed by atoms with Gasteiger partial charge in [-0.05, 0) is 74.1 Å². The van der Waals surface area contributed by atoms with Gasteiger partial charge in [0.1, 0.15) is 11.5 Å². The number of nitrogens with zero attached hydrogens (tertiary/aromatic N) is 3. The van der Waals surface area contributed by atoms with Crippen LogP contribution in [0.5, 0.6) is 0 Å². The quantitative estimate of drug-likeness (QED) is 0.442. The van der Waals surface area contributed by atoms with Crippen molar-refractivity contribution in [1.82, 2.24) is 4.90 Å². The monoisotopic (exact) mass is 486 g/mol. The van der Waals surface area contributed by atoms with Gasteiger partial charge in [0.05, 0.1) is 0 Å². The van der Waals surface area contributed by atoms with Crippen LogP contribution in [0.15, 0.2) is 84.9 Å². The summed E-state index contributed by atoms with van der Waals surface area (Å²) < 4.78 is 13.9. The predicted molar refractivity (Wildman–Crippen MR) is 145 cm³/mol. The molecule has 0 aromatic heterocycles. The number of amides is 2. The van der Waals surface area contributed by atoms with E-state index < -0.39 is 5.66 Å². The minimum Gasteiger partial charge on any atom is -0.369 e. The molecule has 0 bridgehead atoms. The highest BCUT2D eigenvalue weighted by Gasteiger charge is 2.48. The van der Waals surface area contributed by atoms with Crippen molar-refractivity contribution < 1.29 is 9.18 Å². The maximum absolute atomic E-state index is 14.0. The molecule has 1 N–H and O–H groups in total. The standard InChI is InChI=1S/C30H35FN4O/c1-24-15-17-30(18-16-24,34-21-19-33(20-22-34)27-11-4-2-5-12-27)35(28-13-6-3-7-14-28)29(36)32-26-10-8-9-25(31)23-26/h2-14,23-24H,15-22H2,1H3,(H,32,36). The van der Waals surface area contributed by atoms with E-state index in [-0.39, 0.29) is 11.8 Å². The molecule has 6 heteroatoms. The molecule has 36 heavy (non-hydrogen) atoms. The summed E-state index contributed by atoms with van der Waals surface area (Å²) in [6, 6.07) is 26.4. The lowest BCUT2D eigenvalue weighted by atomic mass is 9.80. The number of halogens is 1. The smallest absolute Gasteiger partial charge is 0.327 e. The topological polar surface area (TPSA) is 38.8 Å². The summed E-state index contributed by atoms with van der Waals surface area (Å²) in [5.74, 6) is 0.268. The first-order valence-corrected chi connectivity index (χ1v) is 13.0. The number of nitrogens with one attached hydrogen (secondary N) is 1. The van der Waals surface area contributed by atoms with Gasteiger partial charge >= 0.3 is 6.03 Å². The SMILES string of the molecule is CC1CCC(N2CCN(c3ccccc3)CC2)(N(C(=O)Nc2cccc(F)c2)c2ccccc2)CC1. The van der Waals surface area contributed by atoms with E-state index in [0.717, 1.165) is 57.5 Å². The second-order valence-electron chi connectivity index (χ2n) is 10.1. The Bertz CT molecular complexity index is 1140. The minimum atomic E-state index is -0.436. The van der Waals surface area contributed by atoms with Crippen LogP contribution in [0.1, 0.15) is 32.6 Å². The van der Waals surface area contributed by atoms with Crippen molar-refractivity contribution in [2.75, 3.05) is 41.3 Å². The molecule has 2 aliphatic rings. The second kappa shape index (κ2) is 10.7. The summed E-state index contributed by atoms with van der Waals surface area (Å²) in [5, 5.41) is 3.00. The molecule has 5 rings (SSSR count). The Hall–Kier alpha value is -3.38. The number of piperazine rings is 1. The van der Waals surface area contributed by atoms with Crippen molar-refractivity contribution in [2.24, 2.45) is 5.92 Å². The molecule has 0 spiro atoms. The first kappa shape index (κ1) is 24.3. The molecule has 5 nitrogen and oxygen atoms in total. The number of carbonyl (C=O) groups excluding carboxylic acids is 1. The third-order valence-electron chi connectivity index (χ3n) is 7.77. The van der Waals surface area contributed by atoms with Crippen LogP contribution in [0.25, 0.3) is 0 Å². The molecule has 2 amide bonds. The van der Waals surface area contributed by atoms with E-state index in [4.69, 9.17) is 0 Å². The molecule has 1 saturated carbocycles. The van der Waals surface area contributed by atoms with E-state index in [1.807, 2.05) is 41.3 Å². The molecule has 0 atom stereocenters. The van der Waals surface area contributed by atoms with Gasteiger partial charge in [0.2, 0.25) is 0 Å². The molecule has 3 aromatic rings. The third-order valence-corrected chi connectivity index (χ3v) is 7.77. The maximum atomic E-state index is 14.0. The summed E-state index contributed by atoms with van der Waals surface area (Å²) in [4.78, 5) is 20.9. The Balaban J connectivity index is 1.47. The van der Waals surface area contributed by atoms with E-state index >= 15 is 0 Å². The zero-order valence-electron chi connectivity index (χ0n) is 20.9. The fraction of sp³-hybridized carbons (Fsp3) is 0.367. The highest BCUT2D eigenvalue weighted by Crippen LogP contribution is 2.42. The largest absolute Gasteiger partial charge is 0.369 e. The van der Waals surface area contributed by atoms with Crippen LogP contribution in [0.4, 0.5) is 26.2 Å². The number of para-hydroxylation sites is 2. The summed E-state index contributed by atoms with van der Waals surface area (Å²) in [6.07, 6.45) is 3.95. The van der Waals surface area contributed by atoms with Gasteiger partial charge in [-0.15, -0.1) is 0 Å². The maximum Gasteiger partial charge on any atom is 0.327 e. The fourth-order valence-electron chi connectivity index (χ4n) is 5.79. The van der Waals surface area contributed by atoms with Crippen molar-refractivity contribution in [3.05, 3.63) is 90.7 Å². The summed E-state index contributed by atoms with van der Waals surface area (Å²) in [6.45, 7) is 5.88. The van der Waals surface area contributed by atoms with Crippen molar-refractivity contribution in [1.29, 1.82) is 0 Å². The van der Waals surface area contributed by atoms with Crippen LogP contribution in [-0.4, -0.2) is 42.8 Å². The zero-order chi connectivity index (χ0) is 25.0. The molecule has 2 fully saturated rings. The Morgan fingerprint density at radius 3 is 2.17 bits per heavy atom. The van der Waals surface area contributed by atoms with Crippen molar-refractivity contribution in [2.45, 2.75) is 38.3 Å². The number of hydrogen-bond acceptors (Lipinski definition) is 3. The highest BCUT2D eigenvalue weighted by molar-refractivity contribution is 6.02. The Kier molecular flexibility index (Phi) is 7.23. The van der Waals surface area contributed by atoms with E-state index in [1.54, 1.807) is 12.1 Å². The fourth-order valence-corrected chi connectivity index (χ4v) is 5.79. The lowest BCUT2D eigenvalue weighted by Crippen LogP contribution is -2.68. The molecule has 1 aliphatic carbocycles. The van der Waals surface area contributed by atoms with Crippen molar-refractivity contribution in [3.8, 4) is 0 Å². The third kappa shape index (κ3) is 5.09. The van der Waals surface area contributed by atoms with E-state index in [1.165, 1.54) is 17.8 Å². The van der Waals surface area contributed by atoms with Gasteiger partial charge < -0.3 is 10.2 Å². The van der Waals surface area contributed by atoms with Gasteiger partial charge in [-0.3, -0.25) is 9.80 Å². The summed E-state index contributed by atoms with van der Waals surface area (Å²) in [5.41, 5.74) is 2.14. The second-order valence-corrected chi connectivity index (χ2v) is 10.1. The number of hydrogen-bond donors (Lipinski definition) is 1. The number of benzene rings is 3. The Labute approximate surface area is 213 Å². The van der Waals surface area contributed by atoms with Crippen LogP contribution in [0.3, 0.4) is 0 Å². The van der Waals surface area contributed by atoms with E-state index in [0.29, 0.717) is 11.6 Å². The summed E-state index contributed by atoms with van der Waals surface area (Å²) in [7, 11) is 0. The van der Waals surface area contributed by atoms with Gasteiger partial charge in [-0.2, -0.15) is 0 Å². The number of rotatable bonds is 5. The van der Waals surface area contributed by atoms with Gasteiger partial charge in [-0.1, -0.05) is 49.4 Å². The minimum absolute atomic E-state index is 0.216. The lowest BCUT2D eigenvalue weighted by Gasteiger charge is -2.55. The molecule has 188 valence electrons. The van der Waals surface area contributed by atoms with Crippen LogP contribution in [0.2, 0.25) is 0 Å². The molecule has 0 unspecified atom stereocenters. The van der Waals surface area contributed by atoms with E-state index in [9.17, 15) is 9.18 Å². The Morgan fingerprint density at radius 1 is 0.889 bits per heavy atom. The van der Waals surface area contributed by atoms with Gasteiger partial charge in [0.15, 0.2) is 0 Å². The number of urea groups is 1. The van der Waals surface area contributed by atoms with Crippen LogP contribution in [-0.2, 0) is 0 Å². The van der Waals surface area contributed by atoms with Gasteiger partial charge in [0.25, 0.3) is 0 Å². The van der Waals surface area contributed by atoms with Crippen LogP contribution in [0, 0.1) is 11.7 Å². The molecule has 1 aliphatic heterocycles. The number of carbonyl (C=O) groups is 1. The summed E-state index contributed by atoms with van der Waals surface area (Å²) >= 11 is 0. The predicted octanol–water partition coefficient (Wildman–Crippen LogP) is 6.59. The first-order valence-electron chi connectivity index (χ1n) is 13.0. The first-order chi connectivity index (χ1) is 17.5. The Morgan fingerprint density at radius 2 is 1.53 bits per heavy atom. The van der Waals surface area contributed by atoms with Crippen molar-refractivity contribution >= 4 is 23.1 Å². The molecule has 1 saturated heterocycles. The average Bonchev–Trinajstić information content (AvgIpc) is 2.91. The number of anilines is 3. The molecule has 0 radical (unpaired) electrons. The lowest BCUT2D eigenvalue weighted by molar-refractivity contribution is 0.0366. The average molecular weight is 487 g/mol. The van der Waals surface area contributed by atoms with Crippen LogP contribution >= 0.6 is 0 Å². The van der Waals surface area contributed by atoms with E-state index in [2.05, 4.69) is 46.3 Å². The molecule has 1 heterocycles. The normalized spacial score (nSPS) is 22.7. The zero-order valence-corrected chi connectivity index (χ0v) is 20.9. The van der Waals surface area contributed by atoms with Crippen molar-refractivity contribution in [3.63, 3.8) is 0 Å². The van der Waals surface area contributed by atoms with Gasteiger partial charge in [-0.25, -0.2) is 9.18 Å². The van der Waals surface area contributed by atoms with Crippen LogP contribution < -0.4 is 15.1 Å². The van der Waals surface area contributed by atoms with Gasteiger partial charge in [0, 0.05) is 43.2 Å². The molecule has 3 aromatic carbocycles. The highest BCUT2D eigenvalue weighted by atomic mass is 19.1. The molecular weight excluding hydrogens is 451 g/mol. The molecular formula is C30H35FN4O.